The van der Waals surface area contributed by atoms with Gasteiger partial charge in [0, 0.05) is 50.8 Å². The van der Waals surface area contributed by atoms with Gasteiger partial charge in [-0.3, -0.25) is 14.7 Å². The summed E-state index contributed by atoms with van der Waals surface area (Å²) in [5.41, 5.74) is 1.49. The van der Waals surface area contributed by atoms with Crippen LogP contribution in [0.3, 0.4) is 0 Å². The van der Waals surface area contributed by atoms with E-state index in [2.05, 4.69) is 26.6 Å². The van der Waals surface area contributed by atoms with Gasteiger partial charge >= 0.3 is 0 Å². The molecular formula is C20H26N4O2. The number of hydrogen-bond donors (Lipinski definition) is 2. The van der Waals surface area contributed by atoms with Gasteiger partial charge in [0.2, 0.25) is 5.91 Å². The lowest BCUT2D eigenvalue weighted by molar-refractivity contribution is -0.126. The molecule has 2 heterocycles. The van der Waals surface area contributed by atoms with Crippen molar-refractivity contribution in [1.82, 2.24) is 15.2 Å². The van der Waals surface area contributed by atoms with Gasteiger partial charge in [-0.1, -0.05) is 12.1 Å². The van der Waals surface area contributed by atoms with E-state index in [0.29, 0.717) is 0 Å². The number of carbonyl (C=O) groups is 1. The predicted octanol–water partition coefficient (Wildman–Crippen LogP) is 2.28. The van der Waals surface area contributed by atoms with E-state index in [1.807, 2.05) is 36.5 Å². The highest BCUT2D eigenvalue weighted by Gasteiger charge is 2.40. The number of methoxy groups -OCH3 is 1. The Kier molecular flexibility index (Phi) is 5.73. The van der Waals surface area contributed by atoms with Crippen LogP contribution in [-0.2, 0) is 11.3 Å². The summed E-state index contributed by atoms with van der Waals surface area (Å²) < 4.78 is 5.29. The van der Waals surface area contributed by atoms with Gasteiger partial charge in [0.1, 0.15) is 11.3 Å². The molecule has 6 heteroatoms. The van der Waals surface area contributed by atoms with E-state index in [9.17, 15) is 4.79 Å². The Morgan fingerprint density at radius 3 is 2.73 bits per heavy atom. The Morgan fingerprint density at radius 1 is 1.27 bits per heavy atom. The minimum absolute atomic E-state index is 0.0290. The molecule has 1 amide bonds. The average molecular weight is 354 g/mol. The minimum atomic E-state index is -0.605. The maximum absolute atomic E-state index is 12.7. The van der Waals surface area contributed by atoms with E-state index in [1.54, 1.807) is 20.4 Å². The van der Waals surface area contributed by atoms with Gasteiger partial charge in [-0.25, -0.2) is 0 Å². The molecule has 1 aromatic carbocycles. The number of benzene rings is 1. The molecule has 0 atom stereocenters. The number of anilines is 1. The molecule has 6 nitrogen and oxygen atoms in total. The van der Waals surface area contributed by atoms with Gasteiger partial charge in [-0.2, -0.15) is 0 Å². The van der Waals surface area contributed by atoms with Gasteiger partial charge in [0.15, 0.2) is 0 Å². The number of hydrogen-bond acceptors (Lipinski definition) is 5. The lowest BCUT2D eigenvalue weighted by Crippen LogP contribution is -2.57. The fraction of sp³-hybridized carbons (Fsp3) is 0.400. The van der Waals surface area contributed by atoms with Crippen LogP contribution < -0.4 is 15.4 Å². The Hall–Kier alpha value is -2.60. The van der Waals surface area contributed by atoms with Crippen LogP contribution in [0.25, 0.3) is 0 Å². The summed E-state index contributed by atoms with van der Waals surface area (Å²) in [5.74, 6) is 0.803. The zero-order valence-corrected chi connectivity index (χ0v) is 15.4. The molecule has 138 valence electrons. The summed E-state index contributed by atoms with van der Waals surface area (Å²) >= 11 is 0. The first-order valence-corrected chi connectivity index (χ1v) is 8.91. The fourth-order valence-electron chi connectivity index (χ4n) is 3.47. The molecule has 0 bridgehead atoms. The highest BCUT2D eigenvalue weighted by molar-refractivity contribution is 5.89. The first-order valence-electron chi connectivity index (χ1n) is 8.91. The molecule has 1 aromatic heterocycles. The maximum Gasteiger partial charge on any atom is 0.245 e. The van der Waals surface area contributed by atoms with E-state index >= 15 is 0 Å². The van der Waals surface area contributed by atoms with Gasteiger partial charge in [0.05, 0.1) is 7.11 Å². The molecule has 1 fully saturated rings. The van der Waals surface area contributed by atoms with Crippen LogP contribution in [0.1, 0.15) is 18.4 Å². The van der Waals surface area contributed by atoms with Crippen LogP contribution in [0.15, 0.2) is 48.8 Å². The molecule has 0 radical (unpaired) electrons. The highest BCUT2D eigenvalue weighted by atomic mass is 16.5. The highest BCUT2D eigenvalue weighted by Crippen LogP contribution is 2.29. The van der Waals surface area contributed by atoms with Gasteiger partial charge in [-0.15, -0.1) is 0 Å². The molecule has 2 aromatic rings. The van der Waals surface area contributed by atoms with Crippen LogP contribution in [0.4, 0.5) is 5.69 Å². The molecule has 1 aliphatic rings. The van der Waals surface area contributed by atoms with Gasteiger partial charge in [-0.05, 0) is 36.6 Å². The molecule has 0 spiro atoms. The van der Waals surface area contributed by atoms with Crippen LogP contribution in [-0.4, -0.2) is 48.6 Å². The fourth-order valence-corrected chi connectivity index (χ4v) is 3.47. The topological polar surface area (TPSA) is 66.5 Å². The van der Waals surface area contributed by atoms with Crippen molar-refractivity contribution in [2.24, 2.45) is 0 Å². The molecular weight excluding hydrogens is 328 g/mol. The number of amides is 1. The van der Waals surface area contributed by atoms with Crippen LogP contribution in [0.5, 0.6) is 5.75 Å². The first kappa shape index (κ1) is 18.2. The second-order valence-corrected chi connectivity index (χ2v) is 6.66. The van der Waals surface area contributed by atoms with E-state index in [0.717, 1.165) is 43.9 Å². The van der Waals surface area contributed by atoms with Crippen molar-refractivity contribution in [3.05, 3.63) is 54.4 Å². The van der Waals surface area contributed by atoms with Crippen molar-refractivity contribution < 1.29 is 9.53 Å². The number of piperidine rings is 1. The molecule has 0 unspecified atom stereocenters. The molecule has 1 saturated heterocycles. The predicted molar refractivity (Wildman–Crippen MR) is 102 cm³/mol. The van der Waals surface area contributed by atoms with Crippen LogP contribution in [0.2, 0.25) is 0 Å². The number of likely N-dealkylation sites (tertiary alicyclic amines) is 1. The number of carbonyl (C=O) groups excluding carboxylic acids is 1. The monoisotopic (exact) mass is 354 g/mol. The summed E-state index contributed by atoms with van der Waals surface area (Å²) in [5, 5.41) is 6.30. The molecule has 0 aliphatic carbocycles. The van der Waals surface area contributed by atoms with E-state index < -0.39 is 5.54 Å². The second kappa shape index (κ2) is 8.19. The van der Waals surface area contributed by atoms with Gasteiger partial charge < -0.3 is 15.4 Å². The van der Waals surface area contributed by atoms with Crippen molar-refractivity contribution >= 4 is 11.6 Å². The van der Waals surface area contributed by atoms with Crippen molar-refractivity contribution in [1.29, 1.82) is 0 Å². The molecule has 2 N–H and O–H groups in total. The maximum atomic E-state index is 12.7. The Labute approximate surface area is 154 Å². The van der Waals surface area contributed by atoms with Crippen molar-refractivity contribution in [2.75, 3.05) is 32.6 Å². The molecule has 0 saturated carbocycles. The standard InChI is InChI=1S/C20H26N4O2/c1-21-19(25)20(23-17-6-3-7-18(13-17)26-2)8-11-24(12-9-20)15-16-5-4-10-22-14-16/h3-7,10,13-14,23H,8-9,11-12,15H2,1-2H3,(H,21,25). The van der Waals surface area contributed by atoms with Gasteiger partial charge in [0.25, 0.3) is 0 Å². The third kappa shape index (κ3) is 4.14. The minimum Gasteiger partial charge on any atom is -0.497 e. The number of likely N-dealkylation sites (N-methyl/N-ethyl adjacent to an activating group) is 1. The quantitative estimate of drug-likeness (QED) is 0.833. The van der Waals surface area contributed by atoms with Crippen molar-refractivity contribution in [3.63, 3.8) is 0 Å². The zero-order chi connectivity index (χ0) is 18.4. The smallest absolute Gasteiger partial charge is 0.245 e. The Morgan fingerprint density at radius 2 is 2.08 bits per heavy atom. The Bertz CT molecular complexity index is 728. The summed E-state index contributed by atoms with van der Waals surface area (Å²) in [6, 6.07) is 11.8. The van der Waals surface area contributed by atoms with Crippen molar-refractivity contribution in [2.45, 2.75) is 24.9 Å². The summed E-state index contributed by atoms with van der Waals surface area (Å²) in [7, 11) is 3.34. The SMILES string of the molecule is CNC(=O)C1(Nc2cccc(OC)c2)CCN(Cc2cccnc2)CC1. The van der Waals surface area contributed by atoms with Crippen LogP contribution >= 0.6 is 0 Å². The summed E-state index contributed by atoms with van der Waals surface area (Å²) in [6.07, 6.45) is 5.16. The lowest BCUT2D eigenvalue weighted by atomic mass is 9.85. The molecule has 26 heavy (non-hydrogen) atoms. The van der Waals surface area contributed by atoms with E-state index in [4.69, 9.17) is 4.74 Å². The number of nitrogens with zero attached hydrogens (tertiary/aromatic N) is 2. The third-order valence-corrected chi connectivity index (χ3v) is 4.95. The first-order chi connectivity index (χ1) is 12.6. The van der Waals surface area contributed by atoms with E-state index in [1.165, 1.54) is 5.56 Å². The summed E-state index contributed by atoms with van der Waals surface area (Å²) in [4.78, 5) is 19.2. The van der Waals surface area contributed by atoms with E-state index in [-0.39, 0.29) is 5.91 Å². The molecule has 1 aliphatic heterocycles. The molecule has 3 rings (SSSR count). The number of rotatable bonds is 6. The van der Waals surface area contributed by atoms with Crippen molar-refractivity contribution in [3.8, 4) is 5.75 Å². The number of pyridine rings is 1. The zero-order valence-electron chi connectivity index (χ0n) is 15.4. The third-order valence-electron chi connectivity index (χ3n) is 4.95. The summed E-state index contributed by atoms with van der Waals surface area (Å²) in [6.45, 7) is 2.55. The number of ether oxygens (including phenoxy) is 1. The Balaban J connectivity index is 1.70. The lowest BCUT2D eigenvalue weighted by Gasteiger charge is -2.41. The number of nitrogens with one attached hydrogen (secondary N) is 2. The van der Waals surface area contributed by atoms with Crippen LogP contribution in [0, 0.1) is 0 Å². The largest absolute Gasteiger partial charge is 0.497 e. The average Bonchev–Trinajstić information content (AvgIpc) is 2.70. The second-order valence-electron chi connectivity index (χ2n) is 6.66. The normalized spacial score (nSPS) is 16.7. The number of aromatic nitrogens is 1.